The standard InChI is InChI=1S/C47H86O4/c1-2-3-4-5-6-7-8-9-22-26-29-32-35-38-41-44-47(50)51-45-42-39-36-33-30-27-24-21-19-17-15-13-11-10-12-14-16-18-20-23-25-28-31-34-37-40-43-46(48)49/h3-4,6-7,9,22H,2,5,8,10-21,23-45H2,1H3,(H,48,49)/b4-3-,7-6-,22-9-. The van der Waals surface area contributed by atoms with Crippen molar-refractivity contribution < 1.29 is 19.4 Å². The Kier molecular flexibility index (Phi) is 42.7. The number of rotatable bonds is 42. The lowest BCUT2D eigenvalue weighted by atomic mass is 10.0. The van der Waals surface area contributed by atoms with Crippen molar-refractivity contribution >= 4 is 11.9 Å². The van der Waals surface area contributed by atoms with E-state index in [1.807, 2.05) is 0 Å². The summed E-state index contributed by atoms with van der Waals surface area (Å²) in [5.41, 5.74) is 0. The number of allylic oxidation sites excluding steroid dienone is 6. The number of carboxylic acid groups (broad SMARTS) is 1. The summed E-state index contributed by atoms with van der Waals surface area (Å²) in [6.45, 7) is 2.78. The molecular formula is C47H86O4. The van der Waals surface area contributed by atoms with E-state index >= 15 is 0 Å². The zero-order valence-corrected chi connectivity index (χ0v) is 34.0. The monoisotopic (exact) mass is 715 g/mol. The van der Waals surface area contributed by atoms with Gasteiger partial charge in [0.1, 0.15) is 0 Å². The molecule has 0 aromatic heterocycles. The maximum absolute atomic E-state index is 12.0. The fraction of sp³-hybridized carbons (Fsp3) is 0.830. The third kappa shape index (κ3) is 46.1. The summed E-state index contributed by atoms with van der Waals surface area (Å²) in [6, 6.07) is 0. The van der Waals surface area contributed by atoms with Gasteiger partial charge < -0.3 is 9.84 Å². The van der Waals surface area contributed by atoms with Crippen LogP contribution in [0.1, 0.15) is 244 Å². The zero-order chi connectivity index (χ0) is 37.0. The highest BCUT2D eigenvalue weighted by atomic mass is 16.5. The lowest BCUT2D eigenvalue weighted by Crippen LogP contribution is -2.05. The van der Waals surface area contributed by atoms with E-state index in [1.165, 1.54) is 173 Å². The van der Waals surface area contributed by atoms with Crippen molar-refractivity contribution in [1.29, 1.82) is 0 Å². The van der Waals surface area contributed by atoms with E-state index in [4.69, 9.17) is 9.84 Å². The van der Waals surface area contributed by atoms with Gasteiger partial charge in [-0.15, -0.1) is 0 Å². The zero-order valence-electron chi connectivity index (χ0n) is 34.0. The van der Waals surface area contributed by atoms with E-state index in [2.05, 4.69) is 43.4 Å². The molecule has 4 nitrogen and oxygen atoms in total. The molecule has 0 aliphatic carbocycles. The first kappa shape index (κ1) is 49.2. The summed E-state index contributed by atoms with van der Waals surface area (Å²) in [6.07, 6.45) is 59.1. The summed E-state index contributed by atoms with van der Waals surface area (Å²) < 4.78 is 5.45. The summed E-state index contributed by atoms with van der Waals surface area (Å²) in [5, 5.41) is 8.65. The van der Waals surface area contributed by atoms with Crippen molar-refractivity contribution in [2.24, 2.45) is 0 Å². The van der Waals surface area contributed by atoms with Crippen LogP contribution in [0.5, 0.6) is 0 Å². The number of unbranched alkanes of at least 4 members (excludes halogenated alkanes) is 30. The van der Waals surface area contributed by atoms with E-state index in [9.17, 15) is 9.59 Å². The molecule has 0 saturated heterocycles. The smallest absolute Gasteiger partial charge is 0.305 e. The number of carboxylic acids is 1. The molecule has 0 aliphatic rings. The molecular weight excluding hydrogens is 629 g/mol. The minimum atomic E-state index is -0.655. The first-order chi connectivity index (χ1) is 25.2. The molecule has 0 spiro atoms. The van der Waals surface area contributed by atoms with Crippen LogP contribution in [-0.4, -0.2) is 23.7 Å². The molecule has 0 aromatic rings. The van der Waals surface area contributed by atoms with Crippen LogP contribution in [0, 0.1) is 0 Å². The molecule has 0 amide bonds. The van der Waals surface area contributed by atoms with Crippen LogP contribution < -0.4 is 0 Å². The van der Waals surface area contributed by atoms with E-state index in [-0.39, 0.29) is 5.97 Å². The average Bonchev–Trinajstić information content (AvgIpc) is 3.12. The SMILES string of the molecule is CC/C=C\C/C=C\C/C=C\CCCCCCCC(=O)OCCCCCCCCCCCCCCCCCCCCCCCCCCCCC(=O)O. The molecule has 51 heavy (non-hydrogen) atoms. The fourth-order valence-electron chi connectivity index (χ4n) is 6.77. The Labute approximate surface area is 318 Å². The maximum Gasteiger partial charge on any atom is 0.305 e. The number of carbonyl (C=O) groups excluding carboxylic acids is 1. The third-order valence-corrected chi connectivity index (χ3v) is 10.1. The van der Waals surface area contributed by atoms with Crippen LogP contribution in [0.4, 0.5) is 0 Å². The van der Waals surface area contributed by atoms with Crippen LogP contribution >= 0.6 is 0 Å². The van der Waals surface area contributed by atoms with Crippen molar-refractivity contribution in [2.45, 2.75) is 244 Å². The summed E-state index contributed by atoms with van der Waals surface area (Å²) >= 11 is 0. The Balaban J connectivity index is 3.19. The fourth-order valence-corrected chi connectivity index (χ4v) is 6.77. The highest BCUT2D eigenvalue weighted by Gasteiger charge is 2.03. The molecule has 0 saturated carbocycles. The second-order valence-electron chi connectivity index (χ2n) is 15.2. The number of carbonyl (C=O) groups is 2. The average molecular weight is 715 g/mol. The van der Waals surface area contributed by atoms with Crippen molar-refractivity contribution in [3.8, 4) is 0 Å². The van der Waals surface area contributed by atoms with Gasteiger partial charge in [0.2, 0.25) is 0 Å². The van der Waals surface area contributed by atoms with Gasteiger partial charge in [0.15, 0.2) is 0 Å². The first-order valence-corrected chi connectivity index (χ1v) is 22.5. The second kappa shape index (κ2) is 44.3. The molecule has 0 atom stereocenters. The molecule has 298 valence electrons. The van der Waals surface area contributed by atoms with Gasteiger partial charge in [0, 0.05) is 12.8 Å². The molecule has 0 unspecified atom stereocenters. The molecule has 4 heteroatoms. The third-order valence-electron chi connectivity index (χ3n) is 10.1. The molecule has 0 bridgehead atoms. The number of ether oxygens (including phenoxy) is 1. The Hall–Kier alpha value is -1.84. The highest BCUT2D eigenvalue weighted by Crippen LogP contribution is 2.16. The van der Waals surface area contributed by atoms with E-state index < -0.39 is 5.97 Å². The molecule has 0 radical (unpaired) electrons. The van der Waals surface area contributed by atoms with Crippen LogP contribution in [-0.2, 0) is 14.3 Å². The number of hydrogen-bond acceptors (Lipinski definition) is 3. The van der Waals surface area contributed by atoms with Gasteiger partial charge in [-0.1, -0.05) is 217 Å². The summed E-state index contributed by atoms with van der Waals surface area (Å²) in [4.78, 5) is 22.5. The van der Waals surface area contributed by atoms with E-state index in [1.54, 1.807) is 0 Å². The van der Waals surface area contributed by atoms with Gasteiger partial charge in [-0.05, 0) is 51.4 Å². The normalized spacial score (nSPS) is 11.9. The van der Waals surface area contributed by atoms with Crippen molar-refractivity contribution in [1.82, 2.24) is 0 Å². The molecule has 1 N–H and O–H groups in total. The van der Waals surface area contributed by atoms with Crippen LogP contribution in [0.25, 0.3) is 0 Å². The second-order valence-corrected chi connectivity index (χ2v) is 15.2. The lowest BCUT2D eigenvalue weighted by molar-refractivity contribution is -0.144. The van der Waals surface area contributed by atoms with Crippen LogP contribution in [0.3, 0.4) is 0 Å². The highest BCUT2D eigenvalue weighted by molar-refractivity contribution is 5.69. The predicted molar refractivity (Wildman–Crippen MR) is 223 cm³/mol. The number of esters is 1. The summed E-state index contributed by atoms with van der Waals surface area (Å²) in [7, 11) is 0. The van der Waals surface area contributed by atoms with Crippen molar-refractivity contribution in [2.75, 3.05) is 6.61 Å². The molecule has 0 rings (SSSR count). The Morgan fingerprint density at radius 1 is 0.392 bits per heavy atom. The minimum Gasteiger partial charge on any atom is -0.481 e. The van der Waals surface area contributed by atoms with Gasteiger partial charge in [-0.25, -0.2) is 0 Å². The quantitative estimate of drug-likeness (QED) is 0.0388. The number of hydrogen-bond donors (Lipinski definition) is 1. The van der Waals surface area contributed by atoms with Crippen molar-refractivity contribution in [3.63, 3.8) is 0 Å². The van der Waals surface area contributed by atoms with E-state index in [0.29, 0.717) is 19.4 Å². The van der Waals surface area contributed by atoms with Gasteiger partial charge in [-0.3, -0.25) is 9.59 Å². The van der Waals surface area contributed by atoms with Crippen molar-refractivity contribution in [3.05, 3.63) is 36.5 Å². The minimum absolute atomic E-state index is 0.00108. The van der Waals surface area contributed by atoms with E-state index in [0.717, 1.165) is 51.4 Å². The molecule has 0 aromatic carbocycles. The first-order valence-electron chi connectivity index (χ1n) is 22.5. The Morgan fingerprint density at radius 2 is 0.706 bits per heavy atom. The largest absolute Gasteiger partial charge is 0.481 e. The van der Waals surface area contributed by atoms with Crippen LogP contribution in [0.2, 0.25) is 0 Å². The van der Waals surface area contributed by atoms with Gasteiger partial charge in [0.25, 0.3) is 0 Å². The molecule has 0 fully saturated rings. The summed E-state index contributed by atoms with van der Waals surface area (Å²) in [5.74, 6) is -0.654. The Morgan fingerprint density at radius 3 is 1.10 bits per heavy atom. The maximum atomic E-state index is 12.0. The van der Waals surface area contributed by atoms with Gasteiger partial charge in [0.05, 0.1) is 6.61 Å². The number of aliphatic carboxylic acids is 1. The van der Waals surface area contributed by atoms with Gasteiger partial charge >= 0.3 is 11.9 Å². The topological polar surface area (TPSA) is 63.6 Å². The Bertz CT molecular complexity index is 798. The van der Waals surface area contributed by atoms with Gasteiger partial charge in [-0.2, -0.15) is 0 Å². The molecule has 0 heterocycles. The predicted octanol–water partition coefficient (Wildman–Crippen LogP) is 15.7. The lowest BCUT2D eigenvalue weighted by Gasteiger charge is -2.06. The van der Waals surface area contributed by atoms with Crippen LogP contribution in [0.15, 0.2) is 36.5 Å². The molecule has 0 aliphatic heterocycles.